The number of primary amides is 1. The van der Waals surface area contributed by atoms with Crippen molar-refractivity contribution in [3.8, 4) is 0 Å². The summed E-state index contributed by atoms with van der Waals surface area (Å²) >= 11 is 3.31. The molecule has 4 aromatic rings. The lowest BCUT2D eigenvalue weighted by Gasteiger charge is -2.13. The lowest BCUT2D eigenvalue weighted by molar-refractivity contribution is 0.0389. The molecule has 3 aromatic carbocycles. The van der Waals surface area contributed by atoms with Crippen molar-refractivity contribution < 1.29 is 39.7 Å². The number of anilines is 4. The molecule has 4 rings (SSSR count). The maximum atomic E-state index is 14.2. The van der Waals surface area contributed by atoms with Crippen LogP contribution in [0.5, 0.6) is 0 Å². The molecule has 48 heavy (non-hydrogen) atoms. The van der Waals surface area contributed by atoms with Crippen LogP contribution < -0.4 is 21.1 Å². The van der Waals surface area contributed by atoms with E-state index >= 15 is 0 Å². The van der Waals surface area contributed by atoms with Gasteiger partial charge in [0, 0.05) is 18.4 Å². The normalized spacial score (nSPS) is 11.7. The van der Waals surface area contributed by atoms with E-state index in [4.69, 9.17) is 19.4 Å². The molecule has 0 atom stereocenters. The van der Waals surface area contributed by atoms with Gasteiger partial charge in [0.05, 0.1) is 58.5 Å². The average Bonchev–Trinajstić information content (AvgIpc) is 3.04. The summed E-state index contributed by atoms with van der Waals surface area (Å²) in [5.41, 5.74) is 6.52. The molecule has 0 radical (unpaired) electrons. The molecule has 5 N–H and O–H groups in total. The second-order valence-corrected chi connectivity index (χ2v) is 14.1. The fraction of sp³-hybridized carbons (Fsp3) is 0.233. The van der Waals surface area contributed by atoms with Crippen LogP contribution in [-0.2, 0) is 33.8 Å². The van der Waals surface area contributed by atoms with Crippen LogP contribution in [0.2, 0.25) is 0 Å². The maximum absolute atomic E-state index is 14.2. The molecule has 0 aliphatic carbocycles. The van der Waals surface area contributed by atoms with E-state index in [0.717, 1.165) is 11.6 Å². The molecule has 0 fully saturated rings. The zero-order valence-corrected chi connectivity index (χ0v) is 28.7. The Labute approximate surface area is 285 Å². The number of aromatic nitrogens is 2. The van der Waals surface area contributed by atoms with Gasteiger partial charge in [-0.05, 0) is 71.4 Å². The van der Waals surface area contributed by atoms with E-state index in [1.807, 2.05) is 6.92 Å². The average molecular weight is 768 g/mol. The Hall–Kier alpha value is -4.04. The molecular formula is C30H32BrFN6O8S2. The van der Waals surface area contributed by atoms with Gasteiger partial charge in [-0.2, -0.15) is 13.4 Å². The minimum Gasteiger partial charge on any atom is -0.378 e. The van der Waals surface area contributed by atoms with Crippen molar-refractivity contribution in [3.05, 3.63) is 94.3 Å². The van der Waals surface area contributed by atoms with Gasteiger partial charge < -0.3 is 25.8 Å². The summed E-state index contributed by atoms with van der Waals surface area (Å²) in [5.74, 6) is -1.38. The van der Waals surface area contributed by atoms with Crippen LogP contribution in [0, 0.1) is 12.7 Å². The number of aryl methyl sites for hydroxylation is 1. The number of hydrogen-bond donors (Lipinski definition) is 4. The summed E-state index contributed by atoms with van der Waals surface area (Å²) in [7, 11) is -7.70. The highest BCUT2D eigenvalue weighted by atomic mass is 79.9. The number of rotatable bonds is 18. The van der Waals surface area contributed by atoms with Crippen molar-refractivity contribution in [3.63, 3.8) is 0 Å². The van der Waals surface area contributed by atoms with E-state index in [2.05, 4.69) is 41.3 Å². The van der Waals surface area contributed by atoms with Crippen molar-refractivity contribution in [2.24, 2.45) is 5.73 Å². The Morgan fingerprint density at radius 2 is 1.52 bits per heavy atom. The fourth-order valence-electron chi connectivity index (χ4n) is 4.00. The number of carbonyl (C=O) groups is 1. The van der Waals surface area contributed by atoms with Crippen LogP contribution in [0.1, 0.15) is 15.9 Å². The molecule has 14 nitrogen and oxygen atoms in total. The first kappa shape index (κ1) is 36.8. The van der Waals surface area contributed by atoms with Gasteiger partial charge in [-0.15, -0.1) is 0 Å². The molecule has 18 heteroatoms. The summed E-state index contributed by atoms with van der Waals surface area (Å²) in [6, 6.07) is 16.1. The number of nitrogens with zero attached hydrogens (tertiary/aromatic N) is 2. The Morgan fingerprint density at radius 1 is 0.875 bits per heavy atom. The van der Waals surface area contributed by atoms with Crippen molar-refractivity contribution >= 4 is 65.1 Å². The Balaban J connectivity index is 1.18. The predicted octanol–water partition coefficient (Wildman–Crippen LogP) is 3.99. The molecule has 0 saturated carbocycles. The first-order valence-electron chi connectivity index (χ1n) is 14.2. The number of carbonyl (C=O) groups excluding carboxylic acids is 1. The Kier molecular flexibility index (Phi) is 12.9. The standard InChI is InChI=1S/C30H32BrFN6O8S2/c1-20-5-9-23(10-6-20)48(42,43)46-18-17-45-16-15-44-14-13-35-47(40,41)22-11-7-21(8-12-22)36-30-34-19-24(31)29(38-30)37-26-4-2-3-25(32)27(26)28(33)39/h2-12,19,35H,13-18H2,1H3,(H2,33,39)(H2,34,36,37,38). The van der Waals surface area contributed by atoms with E-state index in [1.54, 1.807) is 12.1 Å². The highest BCUT2D eigenvalue weighted by Gasteiger charge is 2.17. The Morgan fingerprint density at radius 3 is 2.21 bits per heavy atom. The number of amides is 1. The molecule has 0 spiro atoms. The van der Waals surface area contributed by atoms with Gasteiger partial charge in [0.1, 0.15) is 11.6 Å². The quantitative estimate of drug-likeness (QED) is 0.0840. The molecule has 256 valence electrons. The summed E-state index contributed by atoms with van der Waals surface area (Å²) in [6.45, 7) is 2.13. The number of benzene rings is 3. The van der Waals surface area contributed by atoms with Gasteiger partial charge in [-0.3, -0.25) is 8.98 Å². The van der Waals surface area contributed by atoms with E-state index in [9.17, 15) is 26.0 Å². The molecule has 1 amide bonds. The number of hydrogen-bond acceptors (Lipinski definition) is 12. The third kappa shape index (κ3) is 10.5. The van der Waals surface area contributed by atoms with Gasteiger partial charge in [0.2, 0.25) is 16.0 Å². The van der Waals surface area contributed by atoms with Gasteiger partial charge >= 0.3 is 0 Å². The van der Waals surface area contributed by atoms with Crippen molar-refractivity contribution in [1.82, 2.24) is 14.7 Å². The van der Waals surface area contributed by atoms with E-state index in [-0.39, 0.29) is 72.4 Å². The second kappa shape index (κ2) is 16.9. The SMILES string of the molecule is Cc1ccc(S(=O)(=O)OCCOCCOCCNS(=O)(=O)c2ccc(Nc3ncc(Br)c(Nc4cccc(F)c4C(N)=O)n3)cc2)cc1. The van der Waals surface area contributed by atoms with E-state index in [1.165, 1.54) is 54.7 Å². The highest BCUT2D eigenvalue weighted by Crippen LogP contribution is 2.28. The highest BCUT2D eigenvalue weighted by molar-refractivity contribution is 9.10. The first-order chi connectivity index (χ1) is 22.9. The minimum atomic E-state index is -3.86. The van der Waals surface area contributed by atoms with Crippen molar-refractivity contribution in [1.29, 1.82) is 0 Å². The van der Waals surface area contributed by atoms with Crippen LogP contribution in [0.25, 0.3) is 0 Å². The smallest absolute Gasteiger partial charge is 0.297 e. The third-order valence-electron chi connectivity index (χ3n) is 6.36. The number of ether oxygens (including phenoxy) is 2. The second-order valence-electron chi connectivity index (χ2n) is 9.90. The fourth-order valence-corrected chi connectivity index (χ4v) is 6.19. The molecule has 0 bridgehead atoms. The molecule has 1 heterocycles. The maximum Gasteiger partial charge on any atom is 0.297 e. The zero-order valence-electron chi connectivity index (χ0n) is 25.5. The van der Waals surface area contributed by atoms with Crippen LogP contribution in [0.4, 0.5) is 27.5 Å². The van der Waals surface area contributed by atoms with Gasteiger partial charge in [0.15, 0.2) is 0 Å². The minimum absolute atomic E-state index is 0.00549. The summed E-state index contributed by atoms with van der Waals surface area (Å²) in [6.07, 6.45) is 1.44. The molecule has 0 aliphatic heterocycles. The predicted molar refractivity (Wildman–Crippen MR) is 179 cm³/mol. The van der Waals surface area contributed by atoms with Crippen LogP contribution in [0.3, 0.4) is 0 Å². The number of nitrogens with two attached hydrogens (primary N) is 1. The zero-order chi connectivity index (χ0) is 34.7. The van der Waals surface area contributed by atoms with Crippen molar-refractivity contribution in [2.45, 2.75) is 16.7 Å². The van der Waals surface area contributed by atoms with Crippen LogP contribution >= 0.6 is 15.9 Å². The van der Waals surface area contributed by atoms with E-state index in [0.29, 0.717) is 10.2 Å². The first-order valence-corrected chi connectivity index (χ1v) is 17.9. The topological polar surface area (TPSA) is 201 Å². The summed E-state index contributed by atoms with van der Waals surface area (Å²) in [4.78, 5) is 20.3. The number of nitrogens with one attached hydrogen (secondary N) is 3. The number of halogens is 2. The lowest BCUT2D eigenvalue weighted by atomic mass is 10.1. The van der Waals surface area contributed by atoms with Gasteiger partial charge in [0.25, 0.3) is 16.0 Å². The monoisotopic (exact) mass is 766 g/mol. The Bertz CT molecular complexity index is 1930. The molecule has 0 saturated heterocycles. The van der Waals surface area contributed by atoms with Gasteiger partial charge in [-0.1, -0.05) is 23.8 Å². The largest absolute Gasteiger partial charge is 0.378 e. The molecular weight excluding hydrogens is 735 g/mol. The summed E-state index contributed by atoms with van der Waals surface area (Å²) < 4.78 is 82.3. The molecule has 1 aromatic heterocycles. The molecule has 0 aliphatic rings. The van der Waals surface area contributed by atoms with Crippen molar-refractivity contribution in [2.75, 3.05) is 50.2 Å². The van der Waals surface area contributed by atoms with E-state index < -0.39 is 31.9 Å². The number of sulfonamides is 1. The van der Waals surface area contributed by atoms with Gasteiger partial charge in [-0.25, -0.2) is 22.5 Å². The van der Waals surface area contributed by atoms with Crippen LogP contribution in [0.15, 0.2) is 87.2 Å². The molecule has 0 unspecified atom stereocenters. The van der Waals surface area contributed by atoms with Crippen LogP contribution in [-0.4, -0.2) is 72.3 Å². The lowest BCUT2D eigenvalue weighted by Crippen LogP contribution is -2.27. The summed E-state index contributed by atoms with van der Waals surface area (Å²) in [5, 5.41) is 5.82. The third-order valence-corrected chi connectivity index (χ3v) is 9.75.